The molecule has 2 rings (SSSR count). The highest BCUT2D eigenvalue weighted by molar-refractivity contribution is 7.10. The van der Waals surface area contributed by atoms with Gasteiger partial charge in [-0.05, 0) is 44.4 Å². The highest BCUT2D eigenvalue weighted by Crippen LogP contribution is 2.27. The Balaban J connectivity index is 1.81. The van der Waals surface area contributed by atoms with Gasteiger partial charge in [-0.3, -0.25) is 0 Å². The molecule has 3 heteroatoms. The maximum absolute atomic E-state index is 3.75. The Bertz CT molecular complexity index is 324. The zero-order valence-corrected chi connectivity index (χ0v) is 12.0. The standard InChI is InChI=1S/C14H24N2S/c1-14(2,13-5-4-10-17-13)11-15-12-6-8-16(3)9-7-12/h4-5,10,12,15H,6-9,11H2,1-3H3. The lowest BCUT2D eigenvalue weighted by Crippen LogP contribution is -2.44. The first-order chi connectivity index (χ1) is 8.08. The van der Waals surface area contributed by atoms with Gasteiger partial charge in [-0.25, -0.2) is 0 Å². The van der Waals surface area contributed by atoms with Gasteiger partial charge in [-0.1, -0.05) is 19.9 Å². The maximum atomic E-state index is 3.75. The summed E-state index contributed by atoms with van der Waals surface area (Å²) < 4.78 is 0. The van der Waals surface area contributed by atoms with Crippen LogP contribution in [0.5, 0.6) is 0 Å². The Kier molecular flexibility index (Phi) is 4.23. The number of hydrogen-bond acceptors (Lipinski definition) is 3. The monoisotopic (exact) mass is 252 g/mol. The summed E-state index contributed by atoms with van der Waals surface area (Å²) in [5.41, 5.74) is 0.261. The second-order valence-electron chi connectivity index (χ2n) is 5.82. The molecular weight excluding hydrogens is 228 g/mol. The van der Waals surface area contributed by atoms with Crippen molar-refractivity contribution >= 4 is 11.3 Å². The highest BCUT2D eigenvalue weighted by Gasteiger charge is 2.24. The largest absolute Gasteiger partial charge is 0.313 e. The molecule has 0 aromatic carbocycles. The third-order valence-corrected chi connectivity index (χ3v) is 4.98. The summed E-state index contributed by atoms with van der Waals surface area (Å²) in [5.74, 6) is 0. The van der Waals surface area contributed by atoms with E-state index >= 15 is 0 Å². The van der Waals surface area contributed by atoms with E-state index in [9.17, 15) is 0 Å². The molecule has 0 radical (unpaired) electrons. The lowest BCUT2D eigenvalue weighted by Gasteiger charge is -2.32. The predicted molar refractivity (Wildman–Crippen MR) is 75.9 cm³/mol. The maximum Gasteiger partial charge on any atom is 0.0115 e. The number of nitrogens with zero attached hydrogens (tertiary/aromatic N) is 1. The van der Waals surface area contributed by atoms with Crippen molar-refractivity contribution in [2.75, 3.05) is 26.7 Å². The minimum atomic E-state index is 0.261. The van der Waals surface area contributed by atoms with E-state index in [4.69, 9.17) is 0 Å². The summed E-state index contributed by atoms with van der Waals surface area (Å²) in [6.45, 7) is 8.22. The van der Waals surface area contributed by atoms with Crippen LogP contribution in [0.15, 0.2) is 17.5 Å². The smallest absolute Gasteiger partial charge is 0.0115 e. The molecule has 0 saturated carbocycles. The van der Waals surface area contributed by atoms with Crippen molar-refractivity contribution in [1.82, 2.24) is 10.2 Å². The second kappa shape index (κ2) is 5.51. The van der Waals surface area contributed by atoms with Crippen LogP contribution in [0.3, 0.4) is 0 Å². The Labute approximate surface area is 109 Å². The third kappa shape index (κ3) is 3.54. The zero-order valence-electron chi connectivity index (χ0n) is 11.2. The highest BCUT2D eigenvalue weighted by atomic mass is 32.1. The molecule has 96 valence electrons. The summed E-state index contributed by atoms with van der Waals surface area (Å²) >= 11 is 1.87. The van der Waals surface area contributed by atoms with Crippen LogP contribution in [-0.2, 0) is 5.41 Å². The van der Waals surface area contributed by atoms with Crippen LogP contribution >= 0.6 is 11.3 Å². The molecule has 2 nitrogen and oxygen atoms in total. The lowest BCUT2D eigenvalue weighted by atomic mass is 9.90. The Morgan fingerprint density at radius 3 is 2.71 bits per heavy atom. The van der Waals surface area contributed by atoms with E-state index in [1.54, 1.807) is 0 Å². The summed E-state index contributed by atoms with van der Waals surface area (Å²) in [6, 6.07) is 5.11. The molecule has 0 bridgehead atoms. The summed E-state index contributed by atoms with van der Waals surface area (Å²) in [6.07, 6.45) is 2.58. The molecule has 1 aromatic heterocycles. The molecule has 1 fully saturated rings. The molecule has 2 heterocycles. The molecule has 1 aliphatic rings. The lowest BCUT2D eigenvalue weighted by molar-refractivity contribution is 0.229. The van der Waals surface area contributed by atoms with E-state index < -0.39 is 0 Å². The van der Waals surface area contributed by atoms with Crippen molar-refractivity contribution in [2.24, 2.45) is 0 Å². The number of likely N-dealkylation sites (tertiary alicyclic amines) is 1. The van der Waals surface area contributed by atoms with Crippen molar-refractivity contribution in [3.05, 3.63) is 22.4 Å². The fourth-order valence-corrected chi connectivity index (χ4v) is 3.22. The van der Waals surface area contributed by atoms with Gasteiger partial charge in [0.15, 0.2) is 0 Å². The van der Waals surface area contributed by atoms with Gasteiger partial charge in [-0.2, -0.15) is 0 Å². The molecule has 1 aliphatic heterocycles. The van der Waals surface area contributed by atoms with E-state index in [2.05, 4.69) is 48.6 Å². The second-order valence-corrected chi connectivity index (χ2v) is 6.77. The molecule has 0 amide bonds. The molecule has 0 aliphatic carbocycles. The molecule has 1 aromatic rings. The number of hydrogen-bond donors (Lipinski definition) is 1. The van der Waals surface area contributed by atoms with Crippen molar-refractivity contribution < 1.29 is 0 Å². The Hall–Kier alpha value is -0.380. The summed E-state index contributed by atoms with van der Waals surface area (Å²) in [5, 5.41) is 5.92. The molecular formula is C14H24N2S. The van der Waals surface area contributed by atoms with Crippen LogP contribution in [0.4, 0.5) is 0 Å². The minimum Gasteiger partial charge on any atom is -0.313 e. The fraction of sp³-hybridized carbons (Fsp3) is 0.714. The number of rotatable bonds is 4. The minimum absolute atomic E-state index is 0.261. The van der Waals surface area contributed by atoms with Crippen LogP contribution in [0.25, 0.3) is 0 Å². The topological polar surface area (TPSA) is 15.3 Å². The van der Waals surface area contributed by atoms with E-state index in [0.29, 0.717) is 6.04 Å². The SMILES string of the molecule is CN1CCC(NCC(C)(C)c2cccs2)CC1. The van der Waals surface area contributed by atoms with Gasteiger partial charge in [0.2, 0.25) is 0 Å². The zero-order chi connectivity index (χ0) is 12.3. The van der Waals surface area contributed by atoms with Crippen molar-refractivity contribution in [3.63, 3.8) is 0 Å². The summed E-state index contributed by atoms with van der Waals surface area (Å²) in [7, 11) is 2.21. The van der Waals surface area contributed by atoms with Crippen LogP contribution in [0.2, 0.25) is 0 Å². The van der Waals surface area contributed by atoms with Crippen LogP contribution in [0, 0.1) is 0 Å². The summed E-state index contributed by atoms with van der Waals surface area (Å²) in [4.78, 5) is 3.90. The van der Waals surface area contributed by atoms with Gasteiger partial charge in [0.05, 0.1) is 0 Å². The van der Waals surface area contributed by atoms with E-state index in [1.807, 2.05) is 11.3 Å². The van der Waals surface area contributed by atoms with Gasteiger partial charge in [0.1, 0.15) is 0 Å². The molecule has 17 heavy (non-hydrogen) atoms. The molecule has 1 N–H and O–H groups in total. The normalized spacial score (nSPS) is 19.7. The first-order valence-corrected chi connectivity index (χ1v) is 7.42. The number of piperidine rings is 1. The first-order valence-electron chi connectivity index (χ1n) is 6.54. The van der Waals surface area contributed by atoms with Crippen LogP contribution in [0.1, 0.15) is 31.6 Å². The predicted octanol–water partition coefficient (Wildman–Crippen LogP) is 2.71. The number of thiophene rings is 1. The molecule has 1 saturated heterocycles. The average Bonchev–Trinajstić information content (AvgIpc) is 2.82. The van der Waals surface area contributed by atoms with Crippen LogP contribution in [-0.4, -0.2) is 37.6 Å². The molecule has 0 spiro atoms. The molecule has 0 atom stereocenters. The van der Waals surface area contributed by atoms with E-state index in [0.717, 1.165) is 6.54 Å². The van der Waals surface area contributed by atoms with Gasteiger partial charge in [0, 0.05) is 22.9 Å². The quantitative estimate of drug-likeness (QED) is 0.886. The fourth-order valence-electron chi connectivity index (χ4n) is 2.36. The van der Waals surface area contributed by atoms with Crippen molar-refractivity contribution in [2.45, 2.75) is 38.1 Å². The Morgan fingerprint density at radius 2 is 2.12 bits per heavy atom. The van der Waals surface area contributed by atoms with Crippen molar-refractivity contribution in [1.29, 1.82) is 0 Å². The average molecular weight is 252 g/mol. The van der Waals surface area contributed by atoms with Crippen LogP contribution < -0.4 is 5.32 Å². The van der Waals surface area contributed by atoms with E-state index in [1.165, 1.54) is 30.8 Å². The van der Waals surface area contributed by atoms with Gasteiger partial charge < -0.3 is 10.2 Å². The van der Waals surface area contributed by atoms with Gasteiger partial charge >= 0.3 is 0 Å². The Morgan fingerprint density at radius 1 is 1.41 bits per heavy atom. The van der Waals surface area contributed by atoms with Crippen molar-refractivity contribution in [3.8, 4) is 0 Å². The first kappa shape index (κ1) is 13.1. The van der Waals surface area contributed by atoms with Gasteiger partial charge in [-0.15, -0.1) is 11.3 Å². The van der Waals surface area contributed by atoms with Gasteiger partial charge in [0.25, 0.3) is 0 Å². The number of nitrogens with one attached hydrogen (secondary N) is 1. The molecule has 0 unspecified atom stereocenters. The third-order valence-electron chi connectivity index (χ3n) is 3.74. The van der Waals surface area contributed by atoms with E-state index in [-0.39, 0.29) is 5.41 Å².